The third-order valence-corrected chi connectivity index (χ3v) is 5.19. The Bertz CT molecular complexity index is 824. The lowest BCUT2D eigenvalue weighted by Gasteiger charge is -2.20. The van der Waals surface area contributed by atoms with E-state index >= 15 is 0 Å². The van der Waals surface area contributed by atoms with Gasteiger partial charge < -0.3 is 10.1 Å². The van der Waals surface area contributed by atoms with E-state index in [0.29, 0.717) is 11.5 Å². The molecular weight excluding hydrogens is 346 g/mol. The summed E-state index contributed by atoms with van der Waals surface area (Å²) in [7, 11) is 0. The second kappa shape index (κ2) is 8.45. The molecule has 1 fully saturated rings. The maximum Gasteiger partial charge on any atom is 0.311 e. The molecule has 1 atom stereocenters. The second-order valence-corrected chi connectivity index (χ2v) is 7.24. The van der Waals surface area contributed by atoms with Crippen LogP contribution in [0.25, 0.3) is 5.78 Å². The number of esters is 1. The molecule has 1 aliphatic carbocycles. The Kier molecular flexibility index (Phi) is 6.03. The number of aromatic nitrogens is 4. The van der Waals surface area contributed by atoms with E-state index in [9.17, 15) is 9.59 Å². The van der Waals surface area contributed by atoms with Gasteiger partial charge in [0, 0.05) is 23.0 Å². The van der Waals surface area contributed by atoms with Gasteiger partial charge in [-0.05, 0) is 33.6 Å². The van der Waals surface area contributed by atoms with Gasteiger partial charge in [-0.3, -0.25) is 9.59 Å². The molecule has 0 aromatic carbocycles. The standard InChI is InChI=1S/C19H27N5O3/c1-12-16(13(2)24-19(22-12)20-11-21-24)10-17(25)27-14(3)18(26)23-15-8-6-4-5-7-9-15/h11,14-15H,4-10H2,1-3H3,(H,23,26)/t14-/m0/s1. The summed E-state index contributed by atoms with van der Waals surface area (Å²) in [5.74, 6) is -0.183. The van der Waals surface area contributed by atoms with Crippen LogP contribution in [-0.4, -0.2) is 43.6 Å². The van der Waals surface area contributed by atoms with Crippen molar-refractivity contribution in [2.45, 2.75) is 77.9 Å². The van der Waals surface area contributed by atoms with Crippen molar-refractivity contribution in [3.05, 3.63) is 23.3 Å². The zero-order valence-electron chi connectivity index (χ0n) is 16.2. The first-order chi connectivity index (χ1) is 13.0. The molecule has 1 amide bonds. The number of ether oxygens (including phenoxy) is 1. The molecule has 1 N–H and O–H groups in total. The number of aryl methyl sites for hydroxylation is 2. The van der Waals surface area contributed by atoms with Crippen LogP contribution in [0.1, 0.15) is 62.4 Å². The topological polar surface area (TPSA) is 98.5 Å². The molecule has 8 nitrogen and oxygen atoms in total. The molecule has 2 aromatic rings. The van der Waals surface area contributed by atoms with E-state index in [0.717, 1.165) is 36.9 Å². The molecule has 0 aliphatic heterocycles. The molecule has 0 radical (unpaired) electrons. The minimum atomic E-state index is -0.815. The molecular formula is C19H27N5O3. The Morgan fingerprint density at radius 1 is 1.26 bits per heavy atom. The summed E-state index contributed by atoms with van der Waals surface area (Å²) in [6.45, 7) is 5.30. The third kappa shape index (κ3) is 4.61. The number of nitrogens with zero attached hydrogens (tertiary/aromatic N) is 4. The quantitative estimate of drug-likeness (QED) is 0.636. The van der Waals surface area contributed by atoms with Crippen molar-refractivity contribution in [3.63, 3.8) is 0 Å². The van der Waals surface area contributed by atoms with Crippen molar-refractivity contribution in [2.75, 3.05) is 0 Å². The highest BCUT2D eigenvalue weighted by Gasteiger charge is 2.23. The van der Waals surface area contributed by atoms with Crippen LogP contribution >= 0.6 is 0 Å². The average Bonchev–Trinajstić information content (AvgIpc) is 2.94. The zero-order valence-corrected chi connectivity index (χ0v) is 16.2. The normalized spacial score (nSPS) is 16.7. The predicted octanol–water partition coefficient (Wildman–Crippen LogP) is 2.05. The first kappa shape index (κ1) is 19.3. The number of hydrogen-bond donors (Lipinski definition) is 1. The Balaban J connectivity index is 1.59. The SMILES string of the molecule is Cc1nc2ncnn2c(C)c1CC(=O)O[C@@H](C)C(=O)NC1CCCCCC1. The molecule has 27 heavy (non-hydrogen) atoms. The van der Waals surface area contributed by atoms with Crippen molar-refractivity contribution in [3.8, 4) is 0 Å². The molecule has 2 aromatic heterocycles. The fourth-order valence-corrected chi connectivity index (χ4v) is 3.59. The number of fused-ring (bicyclic) bond motifs is 1. The summed E-state index contributed by atoms with van der Waals surface area (Å²) in [6, 6.07) is 0.185. The minimum absolute atomic E-state index is 0.0432. The Morgan fingerprint density at radius 3 is 2.67 bits per heavy atom. The lowest BCUT2D eigenvalue weighted by atomic mass is 10.1. The number of rotatable bonds is 5. The number of hydrogen-bond acceptors (Lipinski definition) is 6. The van der Waals surface area contributed by atoms with Gasteiger partial charge >= 0.3 is 5.97 Å². The van der Waals surface area contributed by atoms with Crippen LogP contribution in [0.5, 0.6) is 0 Å². The highest BCUT2D eigenvalue weighted by Crippen LogP contribution is 2.18. The van der Waals surface area contributed by atoms with Gasteiger partial charge in [-0.2, -0.15) is 10.1 Å². The van der Waals surface area contributed by atoms with Crippen LogP contribution in [-0.2, 0) is 20.7 Å². The van der Waals surface area contributed by atoms with E-state index in [1.54, 1.807) is 11.4 Å². The maximum absolute atomic E-state index is 12.4. The molecule has 0 unspecified atom stereocenters. The summed E-state index contributed by atoms with van der Waals surface area (Å²) in [6.07, 6.45) is 7.36. The van der Waals surface area contributed by atoms with Gasteiger partial charge in [-0.15, -0.1) is 0 Å². The summed E-state index contributed by atoms with van der Waals surface area (Å²) < 4.78 is 6.96. The van der Waals surface area contributed by atoms with Gasteiger partial charge in [0.05, 0.1) is 6.42 Å². The summed E-state index contributed by atoms with van der Waals surface area (Å²) in [5.41, 5.74) is 2.25. The Morgan fingerprint density at radius 2 is 1.96 bits per heavy atom. The van der Waals surface area contributed by atoms with E-state index in [-0.39, 0.29) is 18.4 Å². The zero-order chi connectivity index (χ0) is 19.4. The van der Waals surface area contributed by atoms with E-state index in [1.807, 2.05) is 13.8 Å². The van der Waals surface area contributed by atoms with Crippen molar-refractivity contribution in [1.82, 2.24) is 24.9 Å². The molecule has 3 rings (SSSR count). The lowest BCUT2D eigenvalue weighted by molar-refractivity contribution is -0.154. The smallest absolute Gasteiger partial charge is 0.311 e. The number of amides is 1. The maximum atomic E-state index is 12.4. The summed E-state index contributed by atoms with van der Waals surface area (Å²) in [4.78, 5) is 33.2. The van der Waals surface area contributed by atoms with E-state index in [4.69, 9.17) is 4.74 Å². The molecule has 0 saturated heterocycles. The highest BCUT2D eigenvalue weighted by molar-refractivity contribution is 5.84. The van der Waals surface area contributed by atoms with Gasteiger partial charge in [-0.25, -0.2) is 9.50 Å². The van der Waals surface area contributed by atoms with Gasteiger partial charge in [0.2, 0.25) is 0 Å². The van der Waals surface area contributed by atoms with E-state index in [2.05, 4.69) is 20.4 Å². The molecule has 2 heterocycles. The lowest BCUT2D eigenvalue weighted by Crippen LogP contribution is -2.42. The van der Waals surface area contributed by atoms with Crippen LogP contribution in [0.3, 0.4) is 0 Å². The second-order valence-electron chi connectivity index (χ2n) is 7.24. The van der Waals surface area contributed by atoms with Gasteiger partial charge in [-0.1, -0.05) is 25.7 Å². The van der Waals surface area contributed by atoms with Crippen LogP contribution in [0.15, 0.2) is 6.33 Å². The van der Waals surface area contributed by atoms with Crippen LogP contribution in [0.2, 0.25) is 0 Å². The van der Waals surface area contributed by atoms with E-state index in [1.165, 1.54) is 19.2 Å². The Hall–Kier alpha value is -2.51. The van der Waals surface area contributed by atoms with Gasteiger partial charge in [0.15, 0.2) is 6.10 Å². The van der Waals surface area contributed by atoms with Crippen LogP contribution < -0.4 is 5.32 Å². The number of carbonyl (C=O) groups is 2. The summed E-state index contributed by atoms with van der Waals surface area (Å²) >= 11 is 0. The van der Waals surface area contributed by atoms with Crippen LogP contribution in [0.4, 0.5) is 0 Å². The molecule has 1 aliphatic rings. The molecule has 8 heteroatoms. The van der Waals surface area contributed by atoms with Gasteiger partial charge in [0.1, 0.15) is 6.33 Å². The molecule has 1 saturated carbocycles. The van der Waals surface area contributed by atoms with Gasteiger partial charge in [0.25, 0.3) is 11.7 Å². The summed E-state index contributed by atoms with van der Waals surface area (Å²) in [5, 5.41) is 7.14. The van der Waals surface area contributed by atoms with Crippen molar-refractivity contribution >= 4 is 17.7 Å². The Labute approximate surface area is 158 Å². The van der Waals surface area contributed by atoms with Crippen LogP contribution in [0, 0.1) is 13.8 Å². The fourth-order valence-electron chi connectivity index (χ4n) is 3.59. The molecule has 0 bridgehead atoms. The average molecular weight is 373 g/mol. The predicted molar refractivity (Wildman–Crippen MR) is 99.1 cm³/mol. The number of carbonyl (C=O) groups excluding carboxylic acids is 2. The highest BCUT2D eigenvalue weighted by atomic mass is 16.5. The monoisotopic (exact) mass is 373 g/mol. The van der Waals surface area contributed by atoms with E-state index < -0.39 is 12.1 Å². The fraction of sp³-hybridized carbons (Fsp3) is 0.632. The molecule has 0 spiro atoms. The van der Waals surface area contributed by atoms with Crippen molar-refractivity contribution in [1.29, 1.82) is 0 Å². The minimum Gasteiger partial charge on any atom is -0.452 e. The first-order valence-electron chi connectivity index (χ1n) is 9.61. The van der Waals surface area contributed by atoms with Crippen molar-refractivity contribution < 1.29 is 14.3 Å². The number of nitrogens with one attached hydrogen (secondary N) is 1. The molecule has 146 valence electrons. The first-order valence-corrected chi connectivity index (χ1v) is 9.61. The third-order valence-electron chi connectivity index (χ3n) is 5.19. The van der Waals surface area contributed by atoms with Crippen molar-refractivity contribution in [2.24, 2.45) is 0 Å². The largest absolute Gasteiger partial charge is 0.452 e.